The molecule has 20 heavy (non-hydrogen) atoms. The number of hydrogen-bond donors (Lipinski definition) is 0. The van der Waals surface area contributed by atoms with Crippen LogP contribution in [0.15, 0.2) is 67.8 Å². The van der Waals surface area contributed by atoms with Crippen molar-refractivity contribution in [2.45, 2.75) is 6.92 Å². The molecule has 0 aliphatic heterocycles. The van der Waals surface area contributed by atoms with Crippen molar-refractivity contribution in [3.8, 4) is 0 Å². The number of benzene rings is 2. The van der Waals surface area contributed by atoms with Crippen LogP contribution in [0, 0.1) is 6.92 Å². The van der Waals surface area contributed by atoms with Gasteiger partial charge < -0.3 is 4.74 Å². The molecule has 3 nitrogen and oxygen atoms in total. The second kappa shape index (κ2) is 7.69. The number of ether oxygens (including phenoxy) is 1. The van der Waals surface area contributed by atoms with Gasteiger partial charge in [-0.1, -0.05) is 36.4 Å². The average Bonchev–Trinajstić information content (AvgIpc) is 2.50. The molecule has 0 saturated heterocycles. The smallest absolute Gasteiger partial charge is 0.346 e. The summed E-state index contributed by atoms with van der Waals surface area (Å²) in [7, 11) is 0. The largest absolute Gasteiger partial charge is 0.386 e. The second-order valence-corrected chi connectivity index (χ2v) is 3.86. The van der Waals surface area contributed by atoms with E-state index in [-0.39, 0.29) is 0 Å². The zero-order valence-corrected chi connectivity index (χ0v) is 11.3. The van der Waals surface area contributed by atoms with Gasteiger partial charge in [-0.15, -0.1) is 13.2 Å². The molecule has 0 unspecified atom stereocenters. The predicted octanol–water partition coefficient (Wildman–Crippen LogP) is 3.79. The van der Waals surface area contributed by atoms with Crippen LogP contribution in [0.1, 0.15) is 26.3 Å². The Kier molecular flexibility index (Phi) is 5.91. The molecule has 0 aliphatic rings. The summed E-state index contributed by atoms with van der Waals surface area (Å²) in [5, 5.41) is 0. The van der Waals surface area contributed by atoms with E-state index in [9.17, 15) is 9.59 Å². The number of rotatable bonds is 2. The molecule has 2 aromatic rings. The molecular weight excluding hydrogens is 252 g/mol. The van der Waals surface area contributed by atoms with Gasteiger partial charge in [-0.3, -0.25) is 0 Å². The summed E-state index contributed by atoms with van der Waals surface area (Å²) < 4.78 is 4.83. The van der Waals surface area contributed by atoms with Gasteiger partial charge in [0, 0.05) is 0 Å². The fourth-order valence-electron chi connectivity index (χ4n) is 1.57. The molecule has 0 aromatic heterocycles. The molecule has 2 rings (SSSR count). The quantitative estimate of drug-likeness (QED) is 0.473. The fraction of sp³-hybridized carbons (Fsp3) is 0.0588. The van der Waals surface area contributed by atoms with Gasteiger partial charge in [-0.2, -0.15) is 0 Å². The molecule has 0 aliphatic carbocycles. The van der Waals surface area contributed by atoms with Crippen LogP contribution in [-0.4, -0.2) is 11.9 Å². The molecule has 0 atom stereocenters. The van der Waals surface area contributed by atoms with E-state index in [0.717, 1.165) is 5.56 Å². The minimum atomic E-state index is -0.635. The third kappa shape index (κ3) is 3.92. The maximum absolute atomic E-state index is 11.8. The maximum atomic E-state index is 11.8. The highest BCUT2D eigenvalue weighted by molar-refractivity contribution is 6.03. The summed E-state index contributed by atoms with van der Waals surface area (Å²) in [6, 6.07) is 15.4. The van der Waals surface area contributed by atoms with Crippen molar-refractivity contribution in [2.75, 3.05) is 0 Å². The van der Waals surface area contributed by atoms with Crippen molar-refractivity contribution in [2.24, 2.45) is 0 Å². The summed E-state index contributed by atoms with van der Waals surface area (Å²) in [4.78, 5) is 23.5. The molecule has 0 N–H and O–H groups in total. The van der Waals surface area contributed by atoms with Gasteiger partial charge in [0.25, 0.3) is 0 Å². The molecular formula is C17H16O3. The third-order valence-electron chi connectivity index (χ3n) is 2.56. The lowest BCUT2D eigenvalue weighted by Crippen LogP contribution is -2.13. The Balaban J connectivity index is 0.000000956. The second-order valence-electron chi connectivity index (χ2n) is 3.86. The summed E-state index contributed by atoms with van der Waals surface area (Å²) in [6.07, 6.45) is 0. The summed E-state index contributed by atoms with van der Waals surface area (Å²) in [5.74, 6) is -1.26. The van der Waals surface area contributed by atoms with Gasteiger partial charge in [0.05, 0.1) is 11.1 Å². The van der Waals surface area contributed by atoms with Gasteiger partial charge in [-0.25, -0.2) is 9.59 Å². The zero-order valence-electron chi connectivity index (χ0n) is 11.3. The van der Waals surface area contributed by atoms with Crippen LogP contribution in [0.2, 0.25) is 0 Å². The zero-order chi connectivity index (χ0) is 15.0. The lowest BCUT2D eigenvalue weighted by molar-refractivity contribution is 0.0397. The molecule has 0 saturated carbocycles. The number of aryl methyl sites for hydroxylation is 1. The fourth-order valence-corrected chi connectivity index (χ4v) is 1.57. The normalized spacial score (nSPS) is 9.05. The van der Waals surface area contributed by atoms with Gasteiger partial charge >= 0.3 is 11.9 Å². The first-order valence-electron chi connectivity index (χ1n) is 6.05. The number of carbonyl (C=O) groups excluding carboxylic acids is 2. The van der Waals surface area contributed by atoms with Crippen molar-refractivity contribution >= 4 is 11.9 Å². The highest BCUT2D eigenvalue weighted by Gasteiger charge is 2.15. The van der Waals surface area contributed by atoms with E-state index in [0.29, 0.717) is 11.1 Å². The Morgan fingerprint density at radius 1 is 0.850 bits per heavy atom. The van der Waals surface area contributed by atoms with Crippen molar-refractivity contribution in [1.82, 2.24) is 0 Å². The Hall–Kier alpha value is -2.68. The van der Waals surface area contributed by atoms with E-state index in [1.165, 1.54) is 0 Å². The van der Waals surface area contributed by atoms with Crippen LogP contribution in [0.25, 0.3) is 0 Å². The van der Waals surface area contributed by atoms with Crippen LogP contribution in [0.4, 0.5) is 0 Å². The van der Waals surface area contributed by atoms with E-state index in [2.05, 4.69) is 13.2 Å². The van der Waals surface area contributed by atoms with Crippen molar-refractivity contribution in [3.05, 3.63) is 84.4 Å². The van der Waals surface area contributed by atoms with Crippen molar-refractivity contribution in [1.29, 1.82) is 0 Å². The van der Waals surface area contributed by atoms with E-state index in [4.69, 9.17) is 4.74 Å². The standard InChI is InChI=1S/C15H12O3.C2H4/c1-11-7-5-6-10-13(11)15(17)18-14(16)12-8-3-2-4-9-12;1-2/h2-10H,1H3;1-2H2. The lowest BCUT2D eigenvalue weighted by atomic mass is 10.1. The highest BCUT2D eigenvalue weighted by Crippen LogP contribution is 2.10. The molecule has 0 spiro atoms. The van der Waals surface area contributed by atoms with Crippen LogP contribution in [0.3, 0.4) is 0 Å². The molecule has 0 fully saturated rings. The SMILES string of the molecule is C=C.Cc1ccccc1C(=O)OC(=O)c1ccccc1. The van der Waals surface area contributed by atoms with E-state index >= 15 is 0 Å². The third-order valence-corrected chi connectivity index (χ3v) is 2.56. The van der Waals surface area contributed by atoms with E-state index < -0.39 is 11.9 Å². The Morgan fingerprint density at radius 2 is 1.40 bits per heavy atom. The first-order chi connectivity index (χ1) is 9.68. The van der Waals surface area contributed by atoms with Crippen LogP contribution in [0.5, 0.6) is 0 Å². The monoisotopic (exact) mass is 268 g/mol. The molecule has 0 heterocycles. The van der Waals surface area contributed by atoms with Gasteiger partial charge in [0.2, 0.25) is 0 Å². The number of hydrogen-bond acceptors (Lipinski definition) is 3. The Morgan fingerprint density at radius 3 is 2.00 bits per heavy atom. The van der Waals surface area contributed by atoms with Crippen molar-refractivity contribution < 1.29 is 14.3 Å². The van der Waals surface area contributed by atoms with Crippen molar-refractivity contribution in [3.63, 3.8) is 0 Å². The summed E-state index contributed by atoms with van der Waals surface area (Å²) in [5.41, 5.74) is 1.55. The van der Waals surface area contributed by atoms with Gasteiger partial charge in [0.15, 0.2) is 0 Å². The van der Waals surface area contributed by atoms with Crippen LogP contribution < -0.4 is 0 Å². The summed E-state index contributed by atoms with van der Waals surface area (Å²) >= 11 is 0. The molecule has 0 radical (unpaired) electrons. The lowest BCUT2D eigenvalue weighted by Gasteiger charge is -2.05. The molecule has 102 valence electrons. The topological polar surface area (TPSA) is 43.4 Å². The number of carbonyl (C=O) groups is 2. The first-order valence-corrected chi connectivity index (χ1v) is 6.05. The maximum Gasteiger partial charge on any atom is 0.346 e. The first kappa shape index (κ1) is 15.4. The Labute approximate surface area is 118 Å². The van der Waals surface area contributed by atoms with Crippen LogP contribution in [-0.2, 0) is 4.74 Å². The van der Waals surface area contributed by atoms with Gasteiger partial charge in [-0.05, 0) is 30.7 Å². The Bertz CT molecular complexity index is 588. The van der Waals surface area contributed by atoms with E-state index in [1.807, 2.05) is 6.07 Å². The summed E-state index contributed by atoms with van der Waals surface area (Å²) in [6.45, 7) is 7.80. The molecule has 3 heteroatoms. The van der Waals surface area contributed by atoms with E-state index in [1.54, 1.807) is 55.5 Å². The highest BCUT2D eigenvalue weighted by atomic mass is 16.6. The average molecular weight is 268 g/mol. The molecule has 0 bridgehead atoms. The van der Waals surface area contributed by atoms with Gasteiger partial charge in [0.1, 0.15) is 0 Å². The molecule has 0 amide bonds. The predicted molar refractivity (Wildman–Crippen MR) is 78.6 cm³/mol. The minimum Gasteiger partial charge on any atom is -0.386 e. The molecule has 2 aromatic carbocycles. The minimum absolute atomic E-state index is 0.361. The number of esters is 2. The van der Waals surface area contributed by atoms with Crippen LogP contribution >= 0.6 is 0 Å².